The van der Waals surface area contributed by atoms with E-state index in [1.807, 2.05) is 31.2 Å². The zero-order chi connectivity index (χ0) is 13.1. The van der Waals surface area contributed by atoms with Crippen molar-refractivity contribution in [1.82, 2.24) is 4.98 Å². The van der Waals surface area contributed by atoms with E-state index in [0.29, 0.717) is 0 Å². The molecule has 0 saturated carbocycles. The summed E-state index contributed by atoms with van der Waals surface area (Å²) in [6.07, 6.45) is 3.43. The summed E-state index contributed by atoms with van der Waals surface area (Å²) in [6, 6.07) is 7.61. The van der Waals surface area contributed by atoms with E-state index < -0.39 is 0 Å². The number of ether oxygens (including phenoxy) is 1. The molecule has 0 amide bonds. The molecular formula is C15H15NO2. The minimum Gasteiger partial charge on any atom is -0.496 e. The van der Waals surface area contributed by atoms with E-state index in [-0.39, 0.29) is 5.78 Å². The fourth-order valence-electron chi connectivity index (χ4n) is 1.95. The van der Waals surface area contributed by atoms with Crippen LogP contribution in [0.2, 0.25) is 0 Å². The Bertz CT molecular complexity index is 591. The van der Waals surface area contributed by atoms with Crippen LogP contribution in [-0.4, -0.2) is 17.9 Å². The molecule has 0 radical (unpaired) electrons. The fraction of sp³-hybridized carbons (Fsp3) is 0.200. The molecule has 1 heterocycles. The molecule has 2 aromatic rings. The Labute approximate surface area is 106 Å². The van der Waals surface area contributed by atoms with Gasteiger partial charge >= 0.3 is 0 Å². The predicted molar refractivity (Wildman–Crippen MR) is 71.0 cm³/mol. The summed E-state index contributed by atoms with van der Waals surface area (Å²) >= 11 is 0. The lowest BCUT2D eigenvalue weighted by Gasteiger charge is -2.10. The number of aryl methyl sites for hydroxylation is 1. The van der Waals surface area contributed by atoms with Crippen LogP contribution in [0.3, 0.4) is 0 Å². The Hall–Kier alpha value is -2.16. The summed E-state index contributed by atoms with van der Waals surface area (Å²) in [6.45, 7) is 3.51. The fourth-order valence-corrected chi connectivity index (χ4v) is 1.95. The van der Waals surface area contributed by atoms with E-state index in [4.69, 9.17) is 4.74 Å². The second-order valence-electron chi connectivity index (χ2n) is 4.16. The van der Waals surface area contributed by atoms with Crippen LogP contribution in [0.15, 0.2) is 36.7 Å². The molecule has 1 aromatic heterocycles. The van der Waals surface area contributed by atoms with Gasteiger partial charge in [-0.2, -0.15) is 0 Å². The molecule has 0 N–H and O–H groups in total. The number of benzene rings is 1. The van der Waals surface area contributed by atoms with Crippen molar-refractivity contribution >= 4 is 5.78 Å². The van der Waals surface area contributed by atoms with Crippen LogP contribution in [0.4, 0.5) is 0 Å². The number of hydrogen-bond donors (Lipinski definition) is 0. The van der Waals surface area contributed by atoms with Crippen LogP contribution >= 0.6 is 0 Å². The van der Waals surface area contributed by atoms with Crippen LogP contribution in [0.5, 0.6) is 5.75 Å². The van der Waals surface area contributed by atoms with Gasteiger partial charge in [-0.05, 0) is 37.1 Å². The van der Waals surface area contributed by atoms with Crippen molar-refractivity contribution < 1.29 is 9.53 Å². The molecule has 0 unspecified atom stereocenters. The molecule has 18 heavy (non-hydrogen) atoms. The summed E-state index contributed by atoms with van der Waals surface area (Å²) in [4.78, 5) is 15.7. The van der Waals surface area contributed by atoms with Gasteiger partial charge in [0.25, 0.3) is 0 Å². The maximum absolute atomic E-state index is 11.6. The molecule has 0 fully saturated rings. The third kappa shape index (κ3) is 2.25. The number of Topliss-reactive ketones (excluding diaryl/α,β-unsaturated/α-hetero) is 1. The average Bonchev–Trinajstić information content (AvgIpc) is 2.39. The van der Waals surface area contributed by atoms with Crippen molar-refractivity contribution in [1.29, 1.82) is 0 Å². The van der Waals surface area contributed by atoms with Crippen molar-refractivity contribution in [3.05, 3.63) is 47.8 Å². The minimum atomic E-state index is 0.0669. The summed E-state index contributed by atoms with van der Waals surface area (Å²) in [7, 11) is 1.62. The highest BCUT2D eigenvalue weighted by Crippen LogP contribution is 2.30. The van der Waals surface area contributed by atoms with Gasteiger partial charge in [0.05, 0.1) is 7.11 Å². The number of nitrogens with zero attached hydrogens (tertiary/aromatic N) is 1. The van der Waals surface area contributed by atoms with E-state index in [9.17, 15) is 4.79 Å². The normalized spacial score (nSPS) is 10.2. The van der Waals surface area contributed by atoms with Crippen LogP contribution in [0, 0.1) is 6.92 Å². The predicted octanol–water partition coefficient (Wildman–Crippen LogP) is 3.27. The molecule has 0 saturated heterocycles. The molecule has 0 spiro atoms. The number of pyridine rings is 1. The Morgan fingerprint density at radius 3 is 2.72 bits per heavy atom. The van der Waals surface area contributed by atoms with E-state index in [0.717, 1.165) is 28.0 Å². The molecule has 3 heteroatoms. The van der Waals surface area contributed by atoms with E-state index >= 15 is 0 Å². The van der Waals surface area contributed by atoms with Gasteiger partial charge < -0.3 is 4.74 Å². The van der Waals surface area contributed by atoms with Gasteiger partial charge in [-0.1, -0.05) is 12.1 Å². The van der Waals surface area contributed by atoms with Gasteiger partial charge in [0.1, 0.15) is 5.75 Å². The van der Waals surface area contributed by atoms with Crippen molar-refractivity contribution in [3.63, 3.8) is 0 Å². The lowest BCUT2D eigenvalue weighted by atomic mass is 9.98. The van der Waals surface area contributed by atoms with E-state index in [2.05, 4.69) is 4.98 Å². The molecule has 2 rings (SSSR count). The van der Waals surface area contributed by atoms with Crippen molar-refractivity contribution in [3.8, 4) is 16.9 Å². The maximum Gasteiger partial charge on any atom is 0.160 e. The molecular weight excluding hydrogens is 226 g/mol. The molecule has 0 aliphatic heterocycles. The van der Waals surface area contributed by atoms with Crippen LogP contribution in [0.1, 0.15) is 22.8 Å². The minimum absolute atomic E-state index is 0.0669. The smallest absolute Gasteiger partial charge is 0.160 e. The first-order valence-corrected chi connectivity index (χ1v) is 5.73. The first-order valence-electron chi connectivity index (χ1n) is 5.73. The number of aromatic nitrogens is 1. The first kappa shape index (κ1) is 12.3. The summed E-state index contributed by atoms with van der Waals surface area (Å²) < 4.78 is 5.31. The summed E-state index contributed by atoms with van der Waals surface area (Å²) in [5, 5.41) is 0. The molecule has 92 valence electrons. The Morgan fingerprint density at radius 1 is 1.28 bits per heavy atom. The van der Waals surface area contributed by atoms with Crippen molar-refractivity contribution in [2.75, 3.05) is 7.11 Å². The highest BCUT2D eigenvalue weighted by Gasteiger charge is 2.09. The summed E-state index contributed by atoms with van der Waals surface area (Å²) in [5.41, 5.74) is 3.55. The molecule has 0 aliphatic carbocycles. The molecule has 3 nitrogen and oxygen atoms in total. The zero-order valence-corrected chi connectivity index (χ0v) is 10.7. The second-order valence-corrected chi connectivity index (χ2v) is 4.16. The molecule has 0 aliphatic rings. The SMILES string of the molecule is COc1ccncc1-c1ccc(C)c(C(C)=O)c1. The first-order chi connectivity index (χ1) is 8.63. The molecule has 0 bridgehead atoms. The van der Waals surface area contributed by atoms with Crippen molar-refractivity contribution in [2.45, 2.75) is 13.8 Å². The number of rotatable bonds is 3. The number of ketones is 1. The number of hydrogen-bond acceptors (Lipinski definition) is 3. The highest BCUT2D eigenvalue weighted by molar-refractivity contribution is 5.97. The molecule has 0 atom stereocenters. The standard InChI is InChI=1S/C15H15NO2/c1-10-4-5-12(8-13(10)11(2)17)14-9-16-7-6-15(14)18-3/h4-9H,1-3H3. The van der Waals surface area contributed by atoms with Crippen molar-refractivity contribution in [2.24, 2.45) is 0 Å². The third-order valence-electron chi connectivity index (χ3n) is 2.93. The van der Waals surface area contributed by atoms with E-state index in [1.54, 1.807) is 26.4 Å². The number of methoxy groups -OCH3 is 1. The van der Waals surface area contributed by atoms with Gasteiger partial charge in [0, 0.05) is 23.5 Å². The topological polar surface area (TPSA) is 39.2 Å². The van der Waals surface area contributed by atoms with Gasteiger partial charge in [0.2, 0.25) is 0 Å². The Balaban J connectivity index is 2.58. The Morgan fingerprint density at radius 2 is 2.06 bits per heavy atom. The van der Waals surface area contributed by atoms with Gasteiger partial charge in [-0.3, -0.25) is 9.78 Å². The van der Waals surface area contributed by atoms with Crippen LogP contribution in [0.25, 0.3) is 11.1 Å². The van der Waals surface area contributed by atoms with Gasteiger partial charge in [-0.25, -0.2) is 0 Å². The zero-order valence-electron chi connectivity index (χ0n) is 10.7. The summed E-state index contributed by atoms with van der Waals surface area (Å²) in [5.74, 6) is 0.820. The third-order valence-corrected chi connectivity index (χ3v) is 2.93. The highest BCUT2D eigenvalue weighted by atomic mass is 16.5. The second kappa shape index (κ2) is 5.00. The number of carbonyl (C=O) groups excluding carboxylic acids is 1. The van der Waals surface area contributed by atoms with Gasteiger partial charge in [-0.15, -0.1) is 0 Å². The van der Waals surface area contributed by atoms with Crippen LogP contribution in [-0.2, 0) is 0 Å². The largest absolute Gasteiger partial charge is 0.496 e. The lowest BCUT2D eigenvalue weighted by Crippen LogP contribution is -1.97. The lowest BCUT2D eigenvalue weighted by molar-refractivity contribution is 0.101. The maximum atomic E-state index is 11.6. The van der Waals surface area contributed by atoms with Gasteiger partial charge in [0.15, 0.2) is 5.78 Å². The average molecular weight is 241 g/mol. The monoisotopic (exact) mass is 241 g/mol. The molecule has 1 aromatic carbocycles. The number of carbonyl (C=O) groups is 1. The quantitative estimate of drug-likeness (QED) is 0.774. The van der Waals surface area contributed by atoms with E-state index in [1.165, 1.54) is 0 Å². The Kier molecular flexibility index (Phi) is 3.42. The van der Waals surface area contributed by atoms with Crippen LogP contribution < -0.4 is 4.74 Å².